The van der Waals surface area contributed by atoms with Crippen LogP contribution in [0.1, 0.15) is 22.6 Å². The summed E-state index contributed by atoms with van der Waals surface area (Å²) in [5.74, 6) is -0.0537. The summed E-state index contributed by atoms with van der Waals surface area (Å²) in [6, 6.07) is 17.6. The summed E-state index contributed by atoms with van der Waals surface area (Å²) in [5.41, 5.74) is 3.19. The standard InChI is InChI=1S/C19H14Cl8Si3/c20-28(21)16-7-1-13(2-8-16)19(14-3-9-17(10-4-14)29(22,23)24)15-5-11-18(12-6-15)30(25,26)27/h1-12,19,28H. The Bertz CT molecular complexity index is 921. The first-order valence-corrected chi connectivity index (χ1v) is 22.8. The third kappa shape index (κ3) is 6.36. The van der Waals surface area contributed by atoms with Crippen molar-refractivity contribution >= 4 is 124 Å². The van der Waals surface area contributed by atoms with Gasteiger partial charge in [-0.3, -0.25) is 0 Å². The van der Waals surface area contributed by atoms with E-state index in [1.165, 1.54) is 0 Å². The van der Waals surface area contributed by atoms with Crippen LogP contribution in [0.25, 0.3) is 0 Å². The molecule has 3 aromatic carbocycles. The van der Waals surface area contributed by atoms with Crippen LogP contribution < -0.4 is 15.6 Å². The predicted molar refractivity (Wildman–Crippen MR) is 145 cm³/mol. The molecule has 0 amide bonds. The highest BCUT2D eigenvalue weighted by Crippen LogP contribution is 2.32. The van der Waals surface area contributed by atoms with Crippen molar-refractivity contribution in [3.8, 4) is 0 Å². The highest BCUT2D eigenvalue weighted by molar-refractivity contribution is 7.70. The van der Waals surface area contributed by atoms with Gasteiger partial charge in [0.25, 0.3) is 7.42 Å². The zero-order valence-electron chi connectivity index (χ0n) is 15.1. The average Bonchev–Trinajstić information content (AvgIpc) is 2.68. The number of benzene rings is 3. The van der Waals surface area contributed by atoms with Crippen LogP contribution in [0.2, 0.25) is 0 Å². The van der Waals surface area contributed by atoms with Gasteiger partial charge in [-0.25, -0.2) is 0 Å². The highest BCUT2D eigenvalue weighted by Gasteiger charge is 2.30. The summed E-state index contributed by atoms with van der Waals surface area (Å²) in [6.45, 7) is 0. The van der Waals surface area contributed by atoms with Gasteiger partial charge >= 0.3 is 12.0 Å². The van der Waals surface area contributed by atoms with Crippen LogP contribution >= 0.6 is 88.6 Å². The molecule has 30 heavy (non-hydrogen) atoms. The molecule has 0 bridgehead atoms. The van der Waals surface area contributed by atoms with Gasteiger partial charge in [-0.05, 0) is 32.3 Å². The molecule has 0 fully saturated rings. The first kappa shape index (κ1) is 25.3. The first-order chi connectivity index (χ1) is 14.0. The number of hydrogen-bond acceptors (Lipinski definition) is 0. The normalized spacial score (nSPS) is 12.6. The van der Waals surface area contributed by atoms with Crippen molar-refractivity contribution in [2.75, 3.05) is 0 Å². The van der Waals surface area contributed by atoms with Crippen LogP contribution in [0, 0.1) is 0 Å². The molecule has 0 aliphatic carbocycles. The number of rotatable bonds is 6. The van der Waals surface area contributed by atoms with Crippen LogP contribution in [0.15, 0.2) is 72.8 Å². The topological polar surface area (TPSA) is 0 Å². The maximum Gasteiger partial charge on any atom is 0.372 e. The molecule has 0 radical (unpaired) electrons. The molecule has 0 saturated carbocycles. The highest BCUT2D eigenvalue weighted by atomic mass is 35.8. The molecule has 158 valence electrons. The minimum Gasteiger partial charge on any atom is -0.144 e. The Hall–Kier alpha value is 0.631. The summed E-state index contributed by atoms with van der Waals surface area (Å²) in [4.78, 5) is 0. The molecule has 0 spiro atoms. The molecule has 0 aliphatic heterocycles. The van der Waals surface area contributed by atoms with Gasteiger partial charge in [0, 0.05) is 5.92 Å². The lowest BCUT2D eigenvalue weighted by molar-refractivity contribution is 0.980. The van der Waals surface area contributed by atoms with E-state index in [4.69, 9.17) is 88.6 Å². The van der Waals surface area contributed by atoms with Crippen molar-refractivity contribution in [3.05, 3.63) is 89.5 Å². The molecule has 0 nitrogen and oxygen atoms in total. The largest absolute Gasteiger partial charge is 0.372 e. The minimum absolute atomic E-state index is 0.0537. The molecule has 0 unspecified atom stereocenters. The van der Waals surface area contributed by atoms with Crippen LogP contribution in [0.3, 0.4) is 0 Å². The lowest BCUT2D eigenvalue weighted by Crippen LogP contribution is -2.30. The molecular weight excluding hydrogens is 596 g/mol. The molecule has 0 atom stereocenters. The SMILES string of the molecule is Cl[SiH](Cl)c1ccc(C(c2ccc([Si](Cl)(Cl)Cl)cc2)c2ccc([Si](Cl)(Cl)Cl)cc2)cc1. The Labute approximate surface area is 217 Å². The minimum atomic E-state index is -2.95. The van der Waals surface area contributed by atoms with Crippen molar-refractivity contribution in [3.63, 3.8) is 0 Å². The molecule has 0 heterocycles. The van der Waals surface area contributed by atoms with Crippen LogP contribution in [0.4, 0.5) is 0 Å². The second-order valence-electron chi connectivity index (χ2n) is 6.64. The third-order valence-electron chi connectivity index (χ3n) is 4.66. The molecule has 0 aliphatic rings. The van der Waals surface area contributed by atoms with E-state index in [1.807, 2.05) is 72.8 Å². The molecule has 11 heteroatoms. The second kappa shape index (κ2) is 10.3. The summed E-state index contributed by atoms with van der Waals surface area (Å²) in [5, 5.41) is 2.44. The summed E-state index contributed by atoms with van der Waals surface area (Å²) >= 11 is 49.1. The maximum absolute atomic E-state index is 6.15. The predicted octanol–water partition coefficient (Wildman–Crippen LogP) is 6.50. The fourth-order valence-corrected chi connectivity index (χ4v) is 7.85. The Balaban J connectivity index is 2.07. The van der Waals surface area contributed by atoms with E-state index in [1.54, 1.807) is 0 Å². The van der Waals surface area contributed by atoms with Crippen LogP contribution in [0.5, 0.6) is 0 Å². The van der Waals surface area contributed by atoms with Gasteiger partial charge in [0.1, 0.15) is 0 Å². The Kier molecular flexibility index (Phi) is 8.65. The van der Waals surface area contributed by atoms with Gasteiger partial charge < -0.3 is 0 Å². The van der Waals surface area contributed by atoms with E-state index < -0.39 is 19.4 Å². The van der Waals surface area contributed by atoms with Gasteiger partial charge in [0.2, 0.25) is 0 Å². The van der Waals surface area contributed by atoms with Crippen molar-refractivity contribution in [2.24, 2.45) is 0 Å². The molecule has 0 saturated heterocycles. The van der Waals surface area contributed by atoms with Gasteiger partial charge in [-0.2, -0.15) is 0 Å². The van der Waals surface area contributed by atoms with E-state index >= 15 is 0 Å². The number of halogens is 8. The Morgan fingerprint density at radius 1 is 0.500 bits per heavy atom. The quantitative estimate of drug-likeness (QED) is 0.170. The molecule has 0 N–H and O–H groups in total. The van der Waals surface area contributed by atoms with Crippen molar-refractivity contribution in [2.45, 2.75) is 5.92 Å². The summed E-state index contributed by atoms with van der Waals surface area (Å²) in [7, 11) is -1.91. The van der Waals surface area contributed by atoms with Crippen LogP contribution in [-0.4, -0.2) is 19.4 Å². The monoisotopic (exact) mass is 606 g/mol. The van der Waals surface area contributed by atoms with Gasteiger partial charge in [-0.15, -0.1) is 88.6 Å². The average molecular weight is 610 g/mol. The number of hydrogen-bond donors (Lipinski definition) is 0. The molecular formula is C19H14Cl8Si3. The fourth-order valence-electron chi connectivity index (χ4n) is 3.14. The Morgan fingerprint density at radius 2 is 0.800 bits per heavy atom. The van der Waals surface area contributed by atoms with E-state index in [0.717, 1.165) is 32.3 Å². The lowest BCUT2D eigenvalue weighted by Gasteiger charge is -2.21. The lowest BCUT2D eigenvalue weighted by atomic mass is 9.85. The van der Waals surface area contributed by atoms with Gasteiger partial charge in [0.05, 0.1) is 0 Å². The third-order valence-corrected chi connectivity index (χ3v) is 13.0. The maximum atomic E-state index is 6.15. The van der Waals surface area contributed by atoms with E-state index in [0.29, 0.717) is 0 Å². The van der Waals surface area contributed by atoms with Crippen molar-refractivity contribution in [1.29, 1.82) is 0 Å². The van der Waals surface area contributed by atoms with Crippen LogP contribution in [-0.2, 0) is 0 Å². The van der Waals surface area contributed by atoms with E-state index in [2.05, 4.69) is 0 Å². The van der Waals surface area contributed by atoms with Gasteiger partial charge in [0.15, 0.2) is 0 Å². The van der Waals surface area contributed by atoms with Crippen molar-refractivity contribution < 1.29 is 0 Å². The van der Waals surface area contributed by atoms with Crippen molar-refractivity contribution in [1.82, 2.24) is 0 Å². The molecule has 0 aromatic heterocycles. The van der Waals surface area contributed by atoms with E-state index in [-0.39, 0.29) is 5.92 Å². The smallest absolute Gasteiger partial charge is 0.144 e. The zero-order chi connectivity index (χ0) is 22.1. The fraction of sp³-hybridized carbons (Fsp3) is 0.0526. The molecule has 3 aromatic rings. The Morgan fingerprint density at radius 3 is 1.07 bits per heavy atom. The summed E-state index contributed by atoms with van der Waals surface area (Å²) < 4.78 is 0. The molecule has 3 rings (SSSR count). The summed E-state index contributed by atoms with van der Waals surface area (Å²) in [6.07, 6.45) is 0. The first-order valence-electron chi connectivity index (χ1n) is 8.69. The van der Waals surface area contributed by atoms with Gasteiger partial charge in [-0.1, -0.05) is 72.8 Å². The second-order valence-corrected chi connectivity index (χ2v) is 28.0. The zero-order valence-corrected chi connectivity index (χ0v) is 24.3. The van der Waals surface area contributed by atoms with E-state index in [9.17, 15) is 0 Å².